The molecule has 0 radical (unpaired) electrons. The standard InChI is InChI=1S/C12H13BrN2O/c13-11-2-1-3-12(10(11)6-14)15-5-4-9(7-15)8-16/h1-3,9,16H,4-5,7-8H2. The fourth-order valence-electron chi connectivity index (χ4n) is 2.09. The SMILES string of the molecule is N#Cc1c(Br)cccc1N1CCC(CO)C1. The zero-order valence-electron chi connectivity index (χ0n) is 8.86. The van der Waals surface area contributed by atoms with Gasteiger partial charge >= 0.3 is 0 Å². The van der Waals surface area contributed by atoms with Crippen LogP contribution in [0.5, 0.6) is 0 Å². The lowest BCUT2D eigenvalue weighted by Gasteiger charge is -2.20. The first kappa shape index (κ1) is 11.4. The molecule has 0 bridgehead atoms. The maximum Gasteiger partial charge on any atom is 0.103 e. The van der Waals surface area contributed by atoms with Crippen molar-refractivity contribution in [2.75, 3.05) is 24.6 Å². The van der Waals surface area contributed by atoms with Crippen molar-refractivity contribution in [2.45, 2.75) is 6.42 Å². The van der Waals surface area contributed by atoms with Crippen LogP contribution >= 0.6 is 15.9 Å². The Morgan fingerprint density at radius 2 is 2.38 bits per heavy atom. The van der Waals surface area contributed by atoms with E-state index in [4.69, 9.17) is 10.4 Å². The van der Waals surface area contributed by atoms with E-state index in [2.05, 4.69) is 26.9 Å². The number of halogens is 1. The van der Waals surface area contributed by atoms with Crippen molar-refractivity contribution in [3.8, 4) is 6.07 Å². The fourth-order valence-corrected chi connectivity index (χ4v) is 2.53. The molecule has 4 heteroatoms. The van der Waals surface area contributed by atoms with Gasteiger partial charge in [-0.25, -0.2) is 0 Å². The second-order valence-electron chi connectivity index (χ2n) is 4.03. The van der Waals surface area contributed by atoms with Gasteiger partial charge in [0.1, 0.15) is 6.07 Å². The maximum atomic E-state index is 9.13. The molecule has 2 rings (SSSR count). The minimum absolute atomic E-state index is 0.229. The summed E-state index contributed by atoms with van der Waals surface area (Å²) in [6, 6.07) is 8.00. The third kappa shape index (κ3) is 2.06. The maximum absolute atomic E-state index is 9.13. The van der Waals surface area contributed by atoms with E-state index in [1.165, 1.54) is 0 Å². The molecule has 3 nitrogen and oxygen atoms in total. The highest BCUT2D eigenvalue weighted by Crippen LogP contribution is 2.30. The van der Waals surface area contributed by atoms with Crippen molar-refractivity contribution in [1.82, 2.24) is 0 Å². The van der Waals surface area contributed by atoms with Gasteiger partial charge in [0.05, 0.1) is 11.3 Å². The average molecular weight is 281 g/mol. The molecular weight excluding hydrogens is 268 g/mol. The molecule has 1 atom stereocenters. The monoisotopic (exact) mass is 280 g/mol. The summed E-state index contributed by atoms with van der Waals surface area (Å²) < 4.78 is 0.833. The predicted octanol–water partition coefficient (Wildman–Crippen LogP) is 2.14. The first-order chi connectivity index (χ1) is 7.76. The lowest BCUT2D eigenvalue weighted by Crippen LogP contribution is -2.21. The molecule has 0 amide bonds. The fraction of sp³-hybridized carbons (Fsp3) is 0.417. The van der Waals surface area contributed by atoms with Gasteiger partial charge < -0.3 is 10.0 Å². The van der Waals surface area contributed by atoms with E-state index in [1.54, 1.807) is 0 Å². The molecular formula is C12H13BrN2O. The molecule has 1 heterocycles. The molecule has 84 valence electrons. The van der Waals surface area contributed by atoms with Gasteiger partial charge in [-0.2, -0.15) is 5.26 Å². The summed E-state index contributed by atoms with van der Waals surface area (Å²) in [6.07, 6.45) is 0.994. The number of rotatable bonds is 2. The van der Waals surface area contributed by atoms with Crippen LogP contribution in [-0.2, 0) is 0 Å². The number of hydrogen-bond donors (Lipinski definition) is 1. The Balaban J connectivity index is 2.28. The highest BCUT2D eigenvalue weighted by Gasteiger charge is 2.24. The highest BCUT2D eigenvalue weighted by atomic mass is 79.9. The van der Waals surface area contributed by atoms with Crippen LogP contribution in [0.1, 0.15) is 12.0 Å². The van der Waals surface area contributed by atoms with E-state index in [9.17, 15) is 0 Å². The van der Waals surface area contributed by atoms with Gasteiger partial charge in [0.15, 0.2) is 0 Å². The van der Waals surface area contributed by atoms with Gasteiger partial charge in [0.2, 0.25) is 0 Å². The molecule has 1 aliphatic rings. The summed E-state index contributed by atoms with van der Waals surface area (Å²) in [5.74, 6) is 0.338. The van der Waals surface area contributed by atoms with Gasteiger partial charge in [-0.3, -0.25) is 0 Å². The summed E-state index contributed by atoms with van der Waals surface area (Å²) in [5.41, 5.74) is 1.65. The van der Waals surface area contributed by atoms with E-state index in [1.807, 2.05) is 18.2 Å². The number of nitrogens with zero attached hydrogens (tertiary/aromatic N) is 2. The van der Waals surface area contributed by atoms with Crippen LogP contribution in [-0.4, -0.2) is 24.8 Å². The van der Waals surface area contributed by atoms with Crippen LogP contribution in [0, 0.1) is 17.2 Å². The Bertz CT molecular complexity index is 428. The average Bonchev–Trinajstić information content (AvgIpc) is 2.77. The number of benzene rings is 1. The summed E-state index contributed by atoms with van der Waals surface area (Å²) in [5, 5.41) is 18.2. The topological polar surface area (TPSA) is 47.3 Å². The van der Waals surface area contributed by atoms with Gasteiger partial charge in [0.25, 0.3) is 0 Å². The Morgan fingerprint density at radius 3 is 3.00 bits per heavy atom. The van der Waals surface area contributed by atoms with Gasteiger partial charge in [-0.1, -0.05) is 6.07 Å². The lowest BCUT2D eigenvalue weighted by atomic mass is 10.1. The van der Waals surface area contributed by atoms with Crippen molar-refractivity contribution >= 4 is 21.6 Å². The van der Waals surface area contributed by atoms with Crippen LogP contribution in [0.25, 0.3) is 0 Å². The van der Waals surface area contributed by atoms with Crippen molar-refractivity contribution in [2.24, 2.45) is 5.92 Å². The predicted molar refractivity (Wildman–Crippen MR) is 66.3 cm³/mol. The van der Waals surface area contributed by atoms with Crippen molar-refractivity contribution in [1.29, 1.82) is 5.26 Å². The van der Waals surface area contributed by atoms with E-state index >= 15 is 0 Å². The molecule has 0 aromatic heterocycles. The summed E-state index contributed by atoms with van der Waals surface area (Å²) in [7, 11) is 0. The molecule has 1 aromatic rings. The Hall–Kier alpha value is -1.05. The second kappa shape index (κ2) is 4.86. The van der Waals surface area contributed by atoms with Gasteiger partial charge in [-0.15, -0.1) is 0 Å². The van der Waals surface area contributed by atoms with Crippen LogP contribution in [0.15, 0.2) is 22.7 Å². The number of anilines is 1. The van der Waals surface area contributed by atoms with E-state index in [-0.39, 0.29) is 6.61 Å². The Morgan fingerprint density at radius 1 is 1.56 bits per heavy atom. The Labute approximate surface area is 103 Å². The summed E-state index contributed by atoms with van der Waals surface area (Å²) >= 11 is 3.39. The van der Waals surface area contributed by atoms with E-state index in [0.717, 1.165) is 29.7 Å². The normalized spacial score (nSPS) is 19.8. The molecule has 1 fully saturated rings. The molecule has 1 aromatic carbocycles. The van der Waals surface area contributed by atoms with E-state index in [0.29, 0.717) is 11.5 Å². The number of aliphatic hydroxyl groups excluding tert-OH is 1. The molecule has 1 saturated heterocycles. The smallest absolute Gasteiger partial charge is 0.103 e. The number of hydrogen-bond acceptors (Lipinski definition) is 3. The number of nitriles is 1. The lowest BCUT2D eigenvalue weighted by molar-refractivity contribution is 0.238. The van der Waals surface area contributed by atoms with Crippen molar-refractivity contribution in [3.05, 3.63) is 28.2 Å². The number of aliphatic hydroxyl groups is 1. The first-order valence-electron chi connectivity index (χ1n) is 5.30. The minimum atomic E-state index is 0.229. The molecule has 1 unspecified atom stereocenters. The molecule has 0 saturated carbocycles. The molecule has 0 aliphatic carbocycles. The largest absolute Gasteiger partial charge is 0.396 e. The van der Waals surface area contributed by atoms with Crippen LogP contribution in [0.3, 0.4) is 0 Å². The third-order valence-corrected chi connectivity index (χ3v) is 3.65. The minimum Gasteiger partial charge on any atom is -0.396 e. The molecule has 1 aliphatic heterocycles. The summed E-state index contributed by atoms with van der Waals surface area (Å²) in [4.78, 5) is 2.17. The third-order valence-electron chi connectivity index (χ3n) is 2.99. The molecule has 16 heavy (non-hydrogen) atoms. The van der Waals surface area contributed by atoms with Gasteiger partial charge in [-0.05, 0) is 34.5 Å². The van der Waals surface area contributed by atoms with E-state index < -0.39 is 0 Å². The zero-order valence-corrected chi connectivity index (χ0v) is 10.4. The van der Waals surface area contributed by atoms with Crippen molar-refractivity contribution in [3.63, 3.8) is 0 Å². The van der Waals surface area contributed by atoms with Crippen LogP contribution in [0.2, 0.25) is 0 Å². The summed E-state index contributed by atoms with van der Waals surface area (Å²) in [6.45, 7) is 1.98. The van der Waals surface area contributed by atoms with Crippen LogP contribution in [0.4, 0.5) is 5.69 Å². The quantitative estimate of drug-likeness (QED) is 0.903. The highest BCUT2D eigenvalue weighted by molar-refractivity contribution is 9.10. The molecule has 1 N–H and O–H groups in total. The zero-order chi connectivity index (χ0) is 11.5. The second-order valence-corrected chi connectivity index (χ2v) is 4.88. The van der Waals surface area contributed by atoms with Gasteiger partial charge in [0, 0.05) is 30.1 Å². The van der Waals surface area contributed by atoms with Crippen LogP contribution < -0.4 is 4.90 Å². The van der Waals surface area contributed by atoms with Crippen molar-refractivity contribution < 1.29 is 5.11 Å². The molecule has 0 spiro atoms. The Kier molecular flexibility index (Phi) is 3.47. The first-order valence-corrected chi connectivity index (χ1v) is 6.10.